The van der Waals surface area contributed by atoms with Crippen molar-refractivity contribution in [2.75, 3.05) is 12.4 Å². The zero-order valence-corrected chi connectivity index (χ0v) is 14.1. The molecular formula is C16H15FN2O2S2. The van der Waals surface area contributed by atoms with E-state index in [4.69, 9.17) is 4.74 Å². The maximum absolute atomic E-state index is 12.8. The lowest BCUT2D eigenvalue weighted by Gasteiger charge is -2.08. The van der Waals surface area contributed by atoms with E-state index in [0.29, 0.717) is 22.2 Å². The van der Waals surface area contributed by atoms with Crippen molar-refractivity contribution < 1.29 is 9.13 Å². The Bertz CT molecular complexity index is 859. The number of benzene rings is 1. The minimum atomic E-state index is -0.274. The molecule has 0 saturated carbocycles. The molecule has 0 aliphatic heterocycles. The van der Waals surface area contributed by atoms with E-state index in [9.17, 15) is 9.18 Å². The fourth-order valence-electron chi connectivity index (χ4n) is 2.04. The molecule has 0 fully saturated rings. The van der Waals surface area contributed by atoms with Gasteiger partial charge in [-0.25, -0.2) is 9.37 Å². The lowest BCUT2D eigenvalue weighted by atomic mass is 10.3. The van der Waals surface area contributed by atoms with Crippen LogP contribution in [0.3, 0.4) is 0 Å². The molecule has 2 heterocycles. The lowest BCUT2D eigenvalue weighted by Crippen LogP contribution is -2.19. The minimum Gasteiger partial charge on any atom is -0.494 e. The third-order valence-corrected chi connectivity index (χ3v) is 5.26. The van der Waals surface area contributed by atoms with Gasteiger partial charge in [0.1, 0.15) is 16.3 Å². The Morgan fingerprint density at radius 1 is 1.30 bits per heavy atom. The van der Waals surface area contributed by atoms with Gasteiger partial charge in [0.25, 0.3) is 5.56 Å². The van der Waals surface area contributed by atoms with Gasteiger partial charge < -0.3 is 4.74 Å². The molecule has 120 valence electrons. The van der Waals surface area contributed by atoms with Gasteiger partial charge in [0.15, 0.2) is 5.16 Å². The molecular weight excluding hydrogens is 335 g/mol. The van der Waals surface area contributed by atoms with Crippen LogP contribution < -0.4 is 10.3 Å². The molecule has 0 bridgehead atoms. The normalized spacial score (nSPS) is 11.0. The summed E-state index contributed by atoms with van der Waals surface area (Å²) in [6.07, 6.45) is 0.805. The summed E-state index contributed by atoms with van der Waals surface area (Å²) in [5.74, 6) is 1.17. The predicted octanol–water partition coefficient (Wildman–Crippen LogP) is 3.70. The topological polar surface area (TPSA) is 44.1 Å². The highest BCUT2D eigenvalue weighted by Gasteiger charge is 2.09. The highest BCUT2D eigenvalue weighted by atomic mass is 32.2. The van der Waals surface area contributed by atoms with Crippen LogP contribution in [0, 0.1) is 5.82 Å². The maximum Gasteiger partial charge on any atom is 0.271 e. The van der Waals surface area contributed by atoms with Gasteiger partial charge in [0.05, 0.1) is 12.1 Å². The first-order valence-electron chi connectivity index (χ1n) is 7.10. The van der Waals surface area contributed by atoms with Gasteiger partial charge >= 0.3 is 0 Å². The minimum absolute atomic E-state index is 0.00457. The number of fused-ring (bicyclic) bond motifs is 1. The second kappa shape index (κ2) is 7.14. The summed E-state index contributed by atoms with van der Waals surface area (Å²) in [7, 11) is 1.74. The fraction of sp³-hybridized carbons (Fsp3) is 0.250. The van der Waals surface area contributed by atoms with E-state index in [-0.39, 0.29) is 11.4 Å². The Morgan fingerprint density at radius 2 is 2.09 bits per heavy atom. The van der Waals surface area contributed by atoms with Crippen molar-refractivity contribution >= 4 is 33.3 Å². The molecule has 23 heavy (non-hydrogen) atoms. The highest BCUT2D eigenvalue weighted by molar-refractivity contribution is 7.99. The Balaban J connectivity index is 1.53. The molecule has 3 rings (SSSR count). The van der Waals surface area contributed by atoms with E-state index in [1.807, 2.05) is 11.4 Å². The number of ether oxygens (including phenoxy) is 1. The monoisotopic (exact) mass is 350 g/mol. The zero-order valence-electron chi connectivity index (χ0n) is 12.5. The second-order valence-corrected chi connectivity index (χ2v) is 6.88. The van der Waals surface area contributed by atoms with E-state index in [1.54, 1.807) is 23.7 Å². The Labute approximate surface area is 140 Å². The van der Waals surface area contributed by atoms with Gasteiger partial charge in [0, 0.05) is 12.8 Å². The fourth-order valence-corrected chi connectivity index (χ4v) is 3.73. The summed E-state index contributed by atoms with van der Waals surface area (Å²) < 4.78 is 20.6. The summed E-state index contributed by atoms with van der Waals surface area (Å²) in [5, 5.41) is 2.59. The second-order valence-electron chi connectivity index (χ2n) is 4.90. The number of thioether (sulfide) groups is 1. The van der Waals surface area contributed by atoms with Crippen molar-refractivity contribution in [3.63, 3.8) is 0 Å². The van der Waals surface area contributed by atoms with Gasteiger partial charge in [-0.2, -0.15) is 0 Å². The van der Waals surface area contributed by atoms with Crippen molar-refractivity contribution in [1.82, 2.24) is 9.55 Å². The van der Waals surface area contributed by atoms with Crippen molar-refractivity contribution in [3.05, 3.63) is 51.9 Å². The smallest absolute Gasteiger partial charge is 0.271 e. The molecule has 3 aromatic rings. The van der Waals surface area contributed by atoms with Gasteiger partial charge in [-0.3, -0.25) is 9.36 Å². The van der Waals surface area contributed by atoms with Crippen LogP contribution in [0.1, 0.15) is 6.42 Å². The molecule has 0 radical (unpaired) electrons. The van der Waals surface area contributed by atoms with Crippen LogP contribution in [0.4, 0.5) is 4.39 Å². The van der Waals surface area contributed by atoms with Crippen LogP contribution in [0.15, 0.2) is 45.7 Å². The van der Waals surface area contributed by atoms with Gasteiger partial charge in [0.2, 0.25) is 0 Å². The van der Waals surface area contributed by atoms with E-state index >= 15 is 0 Å². The number of hydrogen-bond acceptors (Lipinski definition) is 5. The maximum atomic E-state index is 12.8. The Kier molecular flexibility index (Phi) is 4.97. The average Bonchev–Trinajstić information content (AvgIpc) is 3.02. The Morgan fingerprint density at radius 3 is 2.87 bits per heavy atom. The molecule has 0 spiro atoms. The third kappa shape index (κ3) is 3.73. The van der Waals surface area contributed by atoms with Crippen molar-refractivity contribution in [1.29, 1.82) is 0 Å². The number of halogens is 1. The molecule has 1 aromatic carbocycles. The SMILES string of the molecule is Cn1c(SCCCOc2ccc(F)cc2)nc2ccsc2c1=O. The predicted molar refractivity (Wildman–Crippen MR) is 92.1 cm³/mol. The van der Waals surface area contributed by atoms with Crippen LogP contribution in [-0.2, 0) is 7.05 Å². The van der Waals surface area contributed by atoms with Crippen LogP contribution >= 0.6 is 23.1 Å². The van der Waals surface area contributed by atoms with Crippen molar-refractivity contribution in [2.24, 2.45) is 7.05 Å². The molecule has 0 N–H and O–H groups in total. The highest BCUT2D eigenvalue weighted by Crippen LogP contribution is 2.20. The molecule has 0 atom stereocenters. The summed E-state index contributed by atoms with van der Waals surface area (Å²) in [6.45, 7) is 0.535. The van der Waals surface area contributed by atoms with Crippen LogP contribution in [-0.4, -0.2) is 21.9 Å². The van der Waals surface area contributed by atoms with E-state index in [0.717, 1.165) is 17.7 Å². The van der Waals surface area contributed by atoms with E-state index in [2.05, 4.69) is 4.98 Å². The van der Waals surface area contributed by atoms with Crippen LogP contribution in [0.5, 0.6) is 5.75 Å². The lowest BCUT2D eigenvalue weighted by molar-refractivity contribution is 0.318. The average molecular weight is 350 g/mol. The summed E-state index contributed by atoms with van der Waals surface area (Å²) in [6, 6.07) is 7.83. The van der Waals surface area contributed by atoms with Crippen LogP contribution in [0.2, 0.25) is 0 Å². The standard InChI is InChI=1S/C16H15FN2O2S2/c1-19-15(20)14-13(7-10-22-14)18-16(19)23-9-2-8-21-12-5-3-11(17)4-6-12/h3-7,10H,2,8-9H2,1H3. The molecule has 0 amide bonds. The zero-order chi connectivity index (χ0) is 16.2. The molecule has 0 aliphatic carbocycles. The molecule has 7 heteroatoms. The molecule has 0 unspecified atom stereocenters. The Hall–Kier alpha value is -1.86. The van der Waals surface area contributed by atoms with Crippen molar-refractivity contribution in [3.8, 4) is 5.75 Å². The van der Waals surface area contributed by atoms with Gasteiger partial charge in [-0.1, -0.05) is 11.8 Å². The van der Waals surface area contributed by atoms with E-state index in [1.165, 1.54) is 35.2 Å². The number of nitrogens with zero attached hydrogens (tertiary/aromatic N) is 2. The quantitative estimate of drug-likeness (QED) is 0.386. The molecule has 2 aromatic heterocycles. The summed E-state index contributed by atoms with van der Waals surface area (Å²) in [5.41, 5.74) is 0.748. The van der Waals surface area contributed by atoms with Gasteiger partial charge in [-0.15, -0.1) is 11.3 Å². The van der Waals surface area contributed by atoms with Crippen molar-refractivity contribution in [2.45, 2.75) is 11.6 Å². The number of rotatable bonds is 6. The number of hydrogen-bond donors (Lipinski definition) is 0. The molecule has 4 nitrogen and oxygen atoms in total. The largest absolute Gasteiger partial charge is 0.494 e. The first kappa shape index (κ1) is 16.0. The number of aromatic nitrogens is 2. The number of thiophene rings is 1. The molecule has 0 saturated heterocycles. The van der Waals surface area contributed by atoms with E-state index < -0.39 is 0 Å². The van der Waals surface area contributed by atoms with Crippen LogP contribution in [0.25, 0.3) is 10.2 Å². The molecule has 0 aliphatic rings. The summed E-state index contributed by atoms with van der Waals surface area (Å²) >= 11 is 2.95. The van der Waals surface area contributed by atoms with Gasteiger partial charge in [-0.05, 0) is 42.1 Å². The third-order valence-electron chi connectivity index (χ3n) is 3.25. The first-order chi connectivity index (χ1) is 11.1. The first-order valence-corrected chi connectivity index (χ1v) is 8.97. The summed E-state index contributed by atoms with van der Waals surface area (Å²) in [4.78, 5) is 16.7.